The van der Waals surface area contributed by atoms with Gasteiger partial charge >= 0.3 is 0 Å². The summed E-state index contributed by atoms with van der Waals surface area (Å²) in [4.78, 5) is 0. The molecule has 1 aromatic carbocycles. The molecule has 1 N–H and O–H groups in total. The van der Waals surface area contributed by atoms with Gasteiger partial charge < -0.3 is 10.1 Å². The molecule has 0 aromatic heterocycles. The minimum absolute atomic E-state index is 0.255. The van der Waals surface area contributed by atoms with Gasteiger partial charge in [0.2, 0.25) is 0 Å². The van der Waals surface area contributed by atoms with Crippen molar-refractivity contribution in [2.45, 2.75) is 38.6 Å². The van der Waals surface area contributed by atoms with Crippen LogP contribution in [0, 0.1) is 24.1 Å². The number of hydrogen-bond donors (Lipinski definition) is 1. The maximum Gasteiger partial charge on any atom is 0.123 e. The van der Waals surface area contributed by atoms with Gasteiger partial charge in [0.15, 0.2) is 0 Å². The summed E-state index contributed by atoms with van der Waals surface area (Å²) in [7, 11) is 1.80. The lowest BCUT2D eigenvalue weighted by molar-refractivity contribution is 0.279. The number of nitrogens with one attached hydrogen (secondary N) is 1. The van der Waals surface area contributed by atoms with Gasteiger partial charge in [-0.1, -0.05) is 6.92 Å². The molecule has 19 heavy (non-hydrogen) atoms. The number of nitriles is 1. The Morgan fingerprint density at radius 3 is 2.74 bits per heavy atom. The topological polar surface area (TPSA) is 45.0 Å². The highest BCUT2D eigenvalue weighted by Crippen LogP contribution is 2.20. The summed E-state index contributed by atoms with van der Waals surface area (Å²) < 4.78 is 18.5. The van der Waals surface area contributed by atoms with Crippen LogP contribution in [-0.2, 0) is 0 Å². The Morgan fingerprint density at radius 2 is 2.21 bits per heavy atom. The zero-order chi connectivity index (χ0) is 14.3. The lowest BCUT2D eigenvalue weighted by atomic mass is 9.92. The highest BCUT2D eigenvalue weighted by Gasteiger charge is 2.24. The van der Waals surface area contributed by atoms with Crippen molar-refractivity contribution in [2.75, 3.05) is 13.7 Å². The van der Waals surface area contributed by atoms with Crippen LogP contribution in [0.4, 0.5) is 4.39 Å². The fourth-order valence-corrected chi connectivity index (χ4v) is 2.00. The first kappa shape index (κ1) is 15.5. The molecule has 1 aromatic rings. The molecular formula is C15H21FN2O. The second-order valence-corrected chi connectivity index (χ2v) is 4.66. The summed E-state index contributed by atoms with van der Waals surface area (Å²) in [6.07, 6.45) is 2.27. The minimum Gasteiger partial charge on any atom is -0.493 e. The van der Waals surface area contributed by atoms with Gasteiger partial charge in [0, 0.05) is 0 Å². The van der Waals surface area contributed by atoms with E-state index in [0.717, 1.165) is 24.8 Å². The summed E-state index contributed by atoms with van der Waals surface area (Å²) in [6, 6.07) is 6.80. The van der Waals surface area contributed by atoms with Crippen molar-refractivity contribution in [3.63, 3.8) is 0 Å². The standard InChI is InChI=1S/C15H21FN2O/c1-4-15(11-17,18-3)8-5-9-19-14-7-6-13(16)10-12(14)2/h6-7,10,18H,4-5,8-9H2,1-3H3. The number of rotatable bonds is 7. The van der Waals surface area contributed by atoms with E-state index in [1.54, 1.807) is 13.1 Å². The zero-order valence-corrected chi connectivity index (χ0v) is 11.8. The van der Waals surface area contributed by atoms with Gasteiger partial charge in [-0.25, -0.2) is 4.39 Å². The first-order valence-corrected chi connectivity index (χ1v) is 6.56. The molecule has 0 aliphatic rings. The Morgan fingerprint density at radius 1 is 1.47 bits per heavy atom. The number of halogens is 1. The van der Waals surface area contributed by atoms with Gasteiger partial charge in [-0.2, -0.15) is 5.26 Å². The SMILES string of the molecule is CCC(C#N)(CCCOc1ccc(F)cc1C)NC. The Bertz CT molecular complexity index is 450. The second kappa shape index (κ2) is 7.10. The van der Waals surface area contributed by atoms with Crippen molar-refractivity contribution >= 4 is 0 Å². The summed E-state index contributed by atoms with van der Waals surface area (Å²) in [6.45, 7) is 4.33. The van der Waals surface area contributed by atoms with Gasteiger partial charge in [-0.3, -0.25) is 0 Å². The normalized spacial score (nSPS) is 13.6. The molecule has 0 bridgehead atoms. The fourth-order valence-electron chi connectivity index (χ4n) is 2.00. The molecule has 4 heteroatoms. The van der Waals surface area contributed by atoms with Crippen LogP contribution >= 0.6 is 0 Å². The van der Waals surface area contributed by atoms with Crippen molar-refractivity contribution in [1.29, 1.82) is 5.26 Å². The van der Waals surface area contributed by atoms with Crippen LogP contribution in [0.5, 0.6) is 5.75 Å². The summed E-state index contributed by atoms with van der Waals surface area (Å²) in [5.41, 5.74) is 0.317. The van der Waals surface area contributed by atoms with Crippen molar-refractivity contribution < 1.29 is 9.13 Å². The largest absolute Gasteiger partial charge is 0.493 e. The molecular weight excluding hydrogens is 243 g/mol. The van der Waals surface area contributed by atoms with Crippen LogP contribution in [0.25, 0.3) is 0 Å². The monoisotopic (exact) mass is 264 g/mol. The Balaban J connectivity index is 2.45. The molecule has 0 aliphatic carbocycles. The molecule has 3 nitrogen and oxygen atoms in total. The van der Waals surface area contributed by atoms with Gasteiger partial charge in [0.25, 0.3) is 0 Å². The van der Waals surface area contributed by atoms with Crippen molar-refractivity contribution in [3.05, 3.63) is 29.6 Å². The number of benzene rings is 1. The molecule has 0 aliphatic heterocycles. The highest BCUT2D eigenvalue weighted by atomic mass is 19.1. The molecule has 0 fully saturated rings. The van der Waals surface area contributed by atoms with Gasteiger partial charge in [-0.05, 0) is 57.0 Å². The van der Waals surface area contributed by atoms with Crippen molar-refractivity contribution in [2.24, 2.45) is 0 Å². The molecule has 0 heterocycles. The third kappa shape index (κ3) is 4.22. The quantitative estimate of drug-likeness (QED) is 0.769. The van der Waals surface area contributed by atoms with Crippen LogP contribution in [0.2, 0.25) is 0 Å². The first-order valence-electron chi connectivity index (χ1n) is 6.56. The van der Waals surface area contributed by atoms with Crippen LogP contribution in [0.3, 0.4) is 0 Å². The van der Waals surface area contributed by atoms with E-state index in [9.17, 15) is 9.65 Å². The van der Waals surface area contributed by atoms with Gasteiger partial charge in [-0.15, -0.1) is 0 Å². The molecule has 1 unspecified atom stereocenters. The van der Waals surface area contributed by atoms with E-state index in [2.05, 4.69) is 11.4 Å². The van der Waals surface area contributed by atoms with Crippen LogP contribution < -0.4 is 10.1 Å². The predicted molar refractivity (Wildman–Crippen MR) is 73.6 cm³/mol. The Hall–Kier alpha value is -1.60. The smallest absolute Gasteiger partial charge is 0.123 e. The number of aryl methyl sites for hydroxylation is 1. The lowest BCUT2D eigenvalue weighted by Crippen LogP contribution is -2.41. The van der Waals surface area contributed by atoms with E-state index in [0.29, 0.717) is 12.4 Å². The van der Waals surface area contributed by atoms with E-state index in [1.165, 1.54) is 12.1 Å². The molecule has 0 saturated heterocycles. The van der Waals surface area contributed by atoms with Crippen LogP contribution in [0.15, 0.2) is 18.2 Å². The molecule has 0 amide bonds. The third-order valence-electron chi connectivity index (χ3n) is 3.44. The van der Waals surface area contributed by atoms with E-state index in [-0.39, 0.29) is 5.82 Å². The minimum atomic E-state index is -0.471. The molecule has 104 valence electrons. The highest BCUT2D eigenvalue weighted by molar-refractivity contribution is 5.32. The number of hydrogen-bond acceptors (Lipinski definition) is 3. The predicted octanol–water partition coefficient (Wildman–Crippen LogP) is 3.18. The van der Waals surface area contributed by atoms with Crippen molar-refractivity contribution in [1.82, 2.24) is 5.32 Å². The molecule has 0 saturated carbocycles. The summed E-state index contributed by atoms with van der Waals surface area (Å²) in [5, 5.41) is 12.2. The molecule has 1 rings (SSSR count). The average Bonchev–Trinajstić information content (AvgIpc) is 2.42. The molecule has 0 radical (unpaired) electrons. The second-order valence-electron chi connectivity index (χ2n) is 4.66. The molecule has 1 atom stereocenters. The molecule has 0 spiro atoms. The van der Waals surface area contributed by atoms with Crippen LogP contribution in [-0.4, -0.2) is 19.2 Å². The third-order valence-corrected chi connectivity index (χ3v) is 3.44. The van der Waals surface area contributed by atoms with E-state index in [4.69, 9.17) is 4.74 Å². The van der Waals surface area contributed by atoms with E-state index in [1.807, 2.05) is 13.8 Å². The number of nitrogens with zero attached hydrogens (tertiary/aromatic N) is 1. The van der Waals surface area contributed by atoms with E-state index < -0.39 is 5.54 Å². The van der Waals surface area contributed by atoms with Crippen LogP contribution in [0.1, 0.15) is 31.7 Å². The fraction of sp³-hybridized carbons (Fsp3) is 0.533. The maximum absolute atomic E-state index is 12.9. The van der Waals surface area contributed by atoms with Gasteiger partial charge in [0.05, 0.1) is 12.7 Å². The Kier molecular flexibility index (Phi) is 5.78. The zero-order valence-electron chi connectivity index (χ0n) is 11.8. The average molecular weight is 264 g/mol. The van der Waals surface area contributed by atoms with Gasteiger partial charge in [0.1, 0.15) is 17.1 Å². The number of ether oxygens (including phenoxy) is 1. The Labute approximate surface area is 114 Å². The van der Waals surface area contributed by atoms with Crippen molar-refractivity contribution in [3.8, 4) is 11.8 Å². The van der Waals surface area contributed by atoms with E-state index >= 15 is 0 Å². The summed E-state index contributed by atoms with van der Waals surface area (Å²) in [5.74, 6) is 0.444. The summed E-state index contributed by atoms with van der Waals surface area (Å²) >= 11 is 0. The lowest BCUT2D eigenvalue weighted by Gasteiger charge is -2.24. The first-order chi connectivity index (χ1) is 9.06. The maximum atomic E-state index is 12.9.